The van der Waals surface area contributed by atoms with Gasteiger partial charge in [0.2, 0.25) is 10.0 Å². The molecule has 0 aliphatic carbocycles. The molecule has 0 fully saturated rings. The van der Waals surface area contributed by atoms with Gasteiger partial charge in [-0.15, -0.1) is 0 Å². The third-order valence-corrected chi connectivity index (χ3v) is 4.04. The van der Waals surface area contributed by atoms with Gasteiger partial charge in [-0.2, -0.15) is 0 Å². The minimum absolute atomic E-state index is 0.00981. The third kappa shape index (κ3) is 2.83. The van der Waals surface area contributed by atoms with Crippen molar-refractivity contribution in [3.8, 4) is 11.3 Å². The van der Waals surface area contributed by atoms with Gasteiger partial charge in [0.1, 0.15) is 5.76 Å². The lowest BCUT2D eigenvalue weighted by Crippen LogP contribution is -2.25. The molecule has 0 amide bonds. The summed E-state index contributed by atoms with van der Waals surface area (Å²) in [5.41, 5.74) is 0.753. The smallest absolute Gasteiger partial charge is 0.335 e. The normalized spacial score (nSPS) is 11.3. The Balaban J connectivity index is 2.61. The molecule has 20 heavy (non-hydrogen) atoms. The van der Waals surface area contributed by atoms with Crippen LogP contribution in [0.4, 0.5) is 5.69 Å². The van der Waals surface area contributed by atoms with Crippen LogP contribution in [0.1, 0.15) is 10.4 Å². The summed E-state index contributed by atoms with van der Waals surface area (Å²) in [5, 5.41) is 9.12. The number of furan rings is 1. The number of aromatic carboxylic acids is 1. The molecule has 0 saturated carbocycles. The molecule has 1 aromatic heterocycles. The molecule has 0 aliphatic heterocycles. The van der Waals surface area contributed by atoms with Gasteiger partial charge in [-0.25, -0.2) is 13.2 Å². The van der Waals surface area contributed by atoms with Gasteiger partial charge in [-0.05, 0) is 30.3 Å². The SMILES string of the molecule is CN(c1cc(C(=O)O)cc(-c2ccco2)c1)S(C)(=O)=O. The van der Waals surface area contributed by atoms with Gasteiger partial charge in [0, 0.05) is 12.6 Å². The summed E-state index contributed by atoms with van der Waals surface area (Å²) in [6, 6.07) is 7.64. The average molecular weight is 295 g/mol. The zero-order valence-electron chi connectivity index (χ0n) is 10.9. The number of nitrogens with zero attached hydrogens (tertiary/aromatic N) is 1. The van der Waals surface area contributed by atoms with Crippen LogP contribution < -0.4 is 4.31 Å². The Labute approximate surface area is 116 Å². The Morgan fingerprint density at radius 1 is 1.30 bits per heavy atom. The Bertz CT molecular complexity index is 734. The monoisotopic (exact) mass is 295 g/mol. The molecule has 0 bridgehead atoms. The van der Waals surface area contributed by atoms with Crippen molar-refractivity contribution in [2.24, 2.45) is 0 Å². The molecule has 106 valence electrons. The molecule has 2 aromatic rings. The highest BCUT2D eigenvalue weighted by Gasteiger charge is 2.17. The van der Waals surface area contributed by atoms with Crippen LogP contribution in [0.15, 0.2) is 41.0 Å². The van der Waals surface area contributed by atoms with Crippen LogP contribution in [0.25, 0.3) is 11.3 Å². The van der Waals surface area contributed by atoms with Gasteiger partial charge in [0.25, 0.3) is 0 Å². The quantitative estimate of drug-likeness (QED) is 0.932. The van der Waals surface area contributed by atoms with Crippen LogP contribution >= 0.6 is 0 Å². The molecule has 2 rings (SSSR count). The number of hydrogen-bond acceptors (Lipinski definition) is 4. The van der Waals surface area contributed by atoms with Gasteiger partial charge in [-0.3, -0.25) is 4.31 Å². The van der Waals surface area contributed by atoms with Gasteiger partial charge >= 0.3 is 5.97 Å². The van der Waals surface area contributed by atoms with E-state index in [9.17, 15) is 13.2 Å². The van der Waals surface area contributed by atoms with E-state index in [2.05, 4.69) is 0 Å². The molecule has 1 heterocycles. The van der Waals surface area contributed by atoms with Crippen molar-refractivity contribution in [2.75, 3.05) is 17.6 Å². The minimum atomic E-state index is -3.47. The van der Waals surface area contributed by atoms with Gasteiger partial charge in [0.05, 0.1) is 23.8 Å². The molecule has 7 heteroatoms. The zero-order valence-corrected chi connectivity index (χ0v) is 11.7. The number of carbonyl (C=O) groups is 1. The van der Waals surface area contributed by atoms with E-state index in [1.54, 1.807) is 18.2 Å². The Morgan fingerprint density at radius 3 is 2.50 bits per heavy atom. The summed E-state index contributed by atoms with van der Waals surface area (Å²) in [7, 11) is -2.11. The predicted octanol–water partition coefficient (Wildman–Crippen LogP) is 2.04. The third-order valence-electron chi connectivity index (χ3n) is 2.83. The lowest BCUT2D eigenvalue weighted by molar-refractivity contribution is 0.0697. The maximum absolute atomic E-state index is 11.6. The molecule has 1 aromatic carbocycles. The highest BCUT2D eigenvalue weighted by molar-refractivity contribution is 7.92. The predicted molar refractivity (Wildman–Crippen MR) is 74.4 cm³/mol. The first-order valence-corrected chi connectivity index (χ1v) is 7.50. The number of rotatable bonds is 4. The Kier molecular flexibility index (Phi) is 3.54. The lowest BCUT2D eigenvalue weighted by atomic mass is 10.1. The van der Waals surface area contributed by atoms with Crippen molar-refractivity contribution in [3.05, 3.63) is 42.2 Å². The van der Waals surface area contributed by atoms with Crippen molar-refractivity contribution in [2.45, 2.75) is 0 Å². The molecular formula is C13H13NO5S. The number of benzene rings is 1. The van der Waals surface area contributed by atoms with Gasteiger partial charge in [-0.1, -0.05) is 0 Å². The maximum Gasteiger partial charge on any atom is 0.335 e. The standard InChI is InChI=1S/C13H13NO5S/c1-14(20(2,17)18)11-7-9(12-4-3-5-19-12)6-10(8-11)13(15)16/h3-8H,1-2H3,(H,15,16). The van der Waals surface area contributed by atoms with Crippen molar-refractivity contribution < 1.29 is 22.7 Å². The van der Waals surface area contributed by atoms with Gasteiger partial charge < -0.3 is 9.52 Å². The molecular weight excluding hydrogens is 282 g/mol. The number of carboxylic acid groups (broad SMARTS) is 1. The van der Waals surface area contributed by atoms with E-state index in [0.717, 1.165) is 10.6 Å². The summed E-state index contributed by atoms with van der Waals surface area (Å²) in [6.45, 7) is 0. The van der Waals surface area contributed by atoms with Crippen LogP contribution in [-0.4, -0.2) is 32.8 Å². The summed E-state index contributed by atoms with van der Waals surface area (Å²) >= 11 is 0. The van der Waals surface area contributed by atoms with E-state index >= 15 is 0 Å². The fraction of sp³-hybridized carbons (Fsp3) is 0.154. The zero-order chi connectivity index (χ0) is 14.9. The number of carboxylic acids is 1. The topological polar surface area (TPSA) is 87.8 Å². The second-order valence-corrected chi connectivity index (χ2v) is 6.30. The van der Waals surface area contributed by atoms with Crippen molar-refractivity contribution in [1.82, 2.24) is 0 Å². The Hall–Kier alpha value is -2.28. The second kappa shape index (κ2) is 5.01. The molecule has 0 unspecified atom stereocenters. The number of hydrogen-bond donors (Lipinski definition) is 1. The number of sulfonamides is 1. The highest BCUT2D eigenvalue weighted by atomic mass is 32.2. The van der Waals surface area contributed by atoms with Gasteiger partial charge in [0.15, 0.2) is 0 Å². The van der Waals surface area contributed by atoms with Crippen molar-refractivity contribution in [3.63, 3.8) is 0 Å². The summed E-state index contributed by atoms with van der Waals surface area (Å²) in [4.78, 5) is 11.1. The average Bonchev–Trinajstić information content (AvgIpc) is 2.90. The van der Waals surface area contributed by atoms with E-state index in [0.29, 0.717) is 11.3 Å². The van der Waals surface area contributed by atoms with E-state index in [4.69, 9.17) is 9.52 Å². The van der Waals surface area contributed by atoms with Crippen LogP contribution in [0.3, 0.4) is 0 Å². The fourth-order valence-electron chi connectivity index (χ4n) is 1.69. The van der Waals surface area contributed by atoms with Crippen LogP contribution in [-0.2, 0) is 10.0 Å². The van der Waals surface area contributed by atoms with Crippen molar-refractivity contribution in [1.29, 1.82) is 0 Å². The van der Waals surface area contributed by atoms with E-state index in [1.165, 1.54) is 25.4 Å². The largest absolute Gasteiger partial charge is 0.478 e. The summed E-state index contributed by atoms with van der Waals surface area (Å²) < 4.78 is 29.4. The first-order chi connectivity index (χ1) is 9.29. The second-order valence-electron chi connectivity index (χ2n) is 4.28. The maximum atomic E-state index is 11.6. The molecule has 0 saturated heterocycles. The van der Waals surface area contributed by atoms with E-state index in [-0.39, 0.29) is 11.3 Å². The summed E-state index contributed by atoms with van der Waals surface area (Å²) in [6.07, 6.45) is 2.51. The minimum Gasteiger partial charge on any atom is -0.478 e. The molecule has 6 nitrogen and oxygen atoms in total. The molecule has 0 aliphatic rings. The van der Waals surface area contributed by atoms with Crippen LogP contribution in [0.5, 0.6) is 0 Å². The van der Waals surface area contributed by atoms with Crippen LogP contribution in [0, 0.1) is 0 Å². The highest BCUT2D eigenvalue weighted by Crippen LogP contribution is 2.28. The molecule has 0 radical (unpaired) electrons. The molecule has 0 spiro atoms. The van der Waals surface area contributed by atoms with E-state index < -0.39 is 16.0 Å². The number of anilines is 1. The molecule has 1 N–H and O–H groups in total. The fourth-order valence-corrected chi connectivity index (χ4v) is 2.18. The summed E-state index contributed by atoms with van der Waals surface area (Å²) in [5.74, 6) is -0.669. The molecule has 0 atom stereocenters. The first kappa shape index (κ1) is 14.1. The van der Waals surface area contributed by atoms with E-state index in [1.807, 2.05) is 0 Å². The Morgan fingerprint density at radius 2 is 2.00 bits per heavy atom. The van der Waals surface area contributed by atoms with Crippen LogP contribution in [0.2, 0.25) is 0 Å². The first-order valence-electron chi connectivity index (χ1n) is 5.65. The van der Waals surface area contributed by atoms with Crippen molar-refractivity contribution >= 4 is 21.7 Å². The lowest BCUT2D eigenvalue weighted by Gasteiger charge is -2.18.